The van der Waals surface area contributed by atoms with E-state index in [0.717, 1.165) is 19.3 Å². The van der Waals surface area contributed by atoms with Crippen molar-refractivity contribution in [1.82, 2.24) is 4.90 Å². The summed E-state index contributed by atoms with van der Waals surface area (Å²) < 4.78 is 4.85. The van der Waals surface area contributed by atoms with Gasteiger partial charge in [0, 0.05) is 11.8 Å². The number of nitrogens with two attached hydrogens (primary N) is 1. The number of hydrogen-bond acceptors (Lipinski definition) is 6. The fourth-order valence-corrected chi connectivity index (χ4v) is 3.80. The van der Waals surface area contributed by atoms with Crippen LogP contribution in [0.25, 0.3) is 0 Å². The number of thiol groups is 1. The number of esters is 1. The second-order valence-electron chi connectivity index (χ2n) is 7.67. The lowest BCUT2D eigenvalue weighted by molar-refractivity contribution is -0.160. The zero-order chi connectivity index (χ0) is 19.4. The molecule has 0 heterocycles. The molecule has 0 aliphatic heterocycles. The van der Waals surface area contributed by atoms with Crippen molar-refractivity contribution in [3.05, 3.63) is 0 Å². The van der Waals surface area contributed by atoms with Crippen LogP contribution < -0.4 is 5.73 Å². The van der Waals surface area contributed by atoms with Crippen LogP contribution in [0.5, 0.6) is 0 Å². The Labute approximate surface area is 154 Å². The van der Waals surface area contributed by atoms with Gasteiger partial charge in [0.25, 0.3) is 0 Å². The first kappa shape index (κ1) is 21.8. The zero-order valence-electron chi connectivity index (χ0n) is 15.4. The van der Waals surface area contributed by atoms with Crippen molar-refractivity contribution in [3.8, 4) is 0 Å². The Bertz CT molecular complexity index is 502. The maximum atomic E-state index is 13.0. The molecule has 1 rings (SSSR count). The maximum absolute atomic E-state index is 13.0. The van der Waals surface area contributed by atoms with Gasteiger partial charge in [0.05, 0.1) is 19.6 Å². The molecule has 0 aromatic carbocycles. The predicted octanol–water partition coefficient (Wildman–Crippen LogP) is 1.30. The molecule has 3 atom stereocenters. The monoisotopic (exact) mass is 374 g/mol. The van der Waals surface area contributed by atoms with E-state index < -0.39 is 36.4 Å². The largest absolute Gasteiger partial charge is 0.481 e. The van der Waals surface area contributed by atoms with Crippen molar-refractivity contribution in [2.24, 2.45) is 17.1 Å². The van der Waals surface area contributed by atoms with Crippen molar-refractivity contribution in [2.75, 3.05) is 12.9 Å². The van der Waals surface area contributed by atoms with Crippen molar-refractivity contribution in [3.63, 3.8) is 0 Å². The molecule has 0 radical (unpaired) electrons. The first-order chi connectivity index (χ1) is 11.5. The number of ether oxygens (including phenoxy) is 1. The molecule has 8 heteroatoms. The van der Waals surface area contributed by atoms with Crippen LogP contribution in [0.2, 0.25) is 0 Å². The highest BCUT2D eigenvalue weighted by atomic mass is 32.1. The second kappa shape index (κ2) is 8.89. The molecule has 0 spiro atoms. The topological polar surface area (TPSA) is 110 Å². The normalized spacial score (nSPS) is 18.6. The summed E-state index contributed by atoms with van der Waals surface area (Å²) in [5.41, 5.74) is 5.54. The molecule has 1 amide bonds. The van der Waals surface area contributed by atoms with Crippen molar-refractivity contribution in [2.45, 2.75) is 64.6 Å². The minimum Gasteiger partial charge on any atom is -0.481 e. The van der Waals surface area contributed by atoms with E-state index in [9.17, 15) is 14.4 Å². The second-order valence-corrected chi connectivity index (χ2v) is 8.04. The van der Waals surface area contributed by atoms with E-state index >= 15 is 0 Å². The van der Waals surface area contributed by atoms with Crippen LogP contribution in [0.1, 0.15) is 46.5 Å². The first-order valence-electron chi connectivity index (χ1n) is 8.52. The van der Waals surface area contributed by atoms with Crippen LogP contribution >= 0.6 is 12.6 Å². The van der Waals surface area contributed by atoms with Gasteiger partial charge in [-0.25, -0.2) is 4.79 Å². The van der Waals surface area contributed by atoms with E-state index in [1.54, 1.807) is 0 Å². The number of carbonyl (C=O) groups excluding carboxylic acids is 2. The van der Waals surface area contributed by atoms with E-state index in [2.05, 4.69) is 12.6 Å². The number of carboxylic acid groups (broad SMARTS) is 1. The smallest absolute Gasteiger partial charge is 0.329 e. The quantitative estimate of drug-likeness (QED) is 0.436. The van der Waals surface area contributed by atoms with E-state index in [-0.39, 0.29) is 23.1 Å². The summed E-state index contributed by atoms with van der Waals surface area (Å²) >= 11 is 4.24. The average Bonchev–Trinajstić information content (AvgIpc) is 2.45. The van der Waals surface area contributed by atoms with Crippen molar-refractivity contribution in [1.29, 1.82) is 0 Å². The van der Waals surface area contributed by atoms with Crippen LogP contribution in [0.3, 0.4) is 0 Å². The van der Waals surface area contributed by atoms with Gasteiger partial charge >= 0.3 is 11.9 Å². The Morgan fingerprint density at radius 1 is 1.32 bits per heavy atom. The average molecular weight is 375 g/mol. The van der Waals surface area contributed by atoms with Crippen molar-refractivity contribution < 1.29 is 24.2 Å². The molecule has 1 aliphatic carbocycles. The summed E-state index contributed by atoms with van der Waals surface area (Å²) in [5, 5.41) is 8.97. The van der Waals surface area contributed by atoms with Gasteiger partial charge in [-0.1, -0.05) is 27.2 Å². The highest BCUT2D eigenvalue weighted by molar-refractivity contribution is 7.80. The van der Waals surface area contributed by atoms with Crippen LogP contribution in [0.15, 0.2) is 0 Å². The van der Waals surface area contributed by atoms with Gasteiger partial charge < -0.3 is 20.5 Å². The minimum atomic E-state index is -1.21. The number of amides is 1. The number of hydrogen-bond donors (Lipinski definition) is 3. The third kappa shape index (κ3) is 5.34. The summed E-state index contributed by atoms with van der Waals surface area (Å²) in [6.07, 6.45) is 2.50. The van der Waals surface area contributed by atoms with Crippen molar-refractivity contribution >= 4 is 30.5 Å². The highest BCUT2D eigenvalue weighted by Crippen LogP contribution is 2.42. The zero-order valence-corrected chi connectivity index (χ0v) is 16.3. The maximum Gasteiger partial charge on any atom is 0.329 e. The van der Waals surface area contributed by atoms with Gasteiger partial charge in [-0.2, -0.15) is 12.6 Å². The number of methoxy groups -OCH3 is 1. The Morgan fingerprint density at radius 2 is 1.88 bits per heavy atom. The number of aliphatic carboxylic acids is 1. The van der Waals surface area contributed by atoms with Gasteiger partial charge in [-0.3, -0.25) is 9.59 Å². The third-order valence-electron chi connectivity index (χ3n) is 4.73. The molecule has 25 heavy (non-hydrogen) atoms. The van der Waals surface area contributed by atoms with E-state index in [1.165, 1.54) is 12.0 Å². The molecule has 0 saturated heterocycles. The lowest BCUT2D eigenvalue weighted by Gasteiger charge is -2.50. The molecule has 0 unspecified atom stereocenters. The number of carbonyl (C=O) groups is 3. The SMILES string of the molecule is COC(=O)[C@H](CS)N(C(=O)[C@@H](N)CC(=O)O)[C@@H](C1CCC1)C(C)(C)C. The molecule has 7 nitrogen and oxygen atoms in total. The molecule has 1 aliphatic rings. The summed E-state index contributed by atoms with van der Waals surface area (Å²) in [7, 11) is 1.26. The highest BCUT2D eigenvalue weighted by Gasteiger charge is 2.47. The predicted molar refractivity (Wildman–Crippen MR) is 97.3 cm³/mol. The Kier molecular flexibility index (Phi) is 7.74. The number of rotatable bonds is 8. The molecular formula is C17H30N2O5S. The van der Waals surface area contributed by atoms with Gasteiger partial charge in [0.2, 0.25) is 5.91 Å². The van der Waals surface area contributed by atoms with Gasteiger partial charge in [-0.05, 0) is 24.2 Å². The molecule has 3 N–H and O–H groups in total. The Balaban J connectivity index is 3.30. The Hall–Kier alpha value is -1.28. The van der Waals surface area contributed by atoms with Crippen LogP contribution in [0.4, 0.5) is 0 Å². The van der Waals surface area contributed by atoms with Crippen LogP contribution in [0, 0.1) is 11.3 Å². The third-order valence-corrected chi connectivity index (χ3v) is 5.08. The van der Waals surface area contributed by atoms with Gasteiger partial charge in [0.15, 0.2) is 0 Å². The number of carboxylic acids is 1. The standard InChI is InChI=1S/C17H30N2O5S/c1-17(2,3)14(10-6-5-7-10)19(12(9-25)16(23)24-4)15(22)11(18)8-13(20)21/h10-12,14,25H,5-9,18H2,1-4H3,(H,20,21)/t11-,12-,14-/m0/s1. The fourth-order valence-electron chi connectivity index (χ4n) is 3.47. The molecule has 0 bridgehead atoms. The molecule has 1 fully saturated rings. The van der Waals surface area contributed by atoms with Crippen LogP contribution in [-0.2, 0) is 19.1 Å². The minimum absolute atomic E-state index is 0.0809. The fraction of sp³-hybridized carbons (Fsp3) is 0.824. The molecule has 0 aromatic rings. The van der Waals surface area contributed by atoms with Crippen LogP contribution in [-0.4, -0.2) is 58.8 Å². The van der Waals surface area contributed by atoms with E-state index in [0.29, 0.717) is 0 Å². The summed E-state index contributed by atoms with van der Waals surface area (Å²) in [4.78, 5) is 37.7. The molecule has 0 aromatic heterocycles. The van der Waals surface area contributed by atoms with E-state index in [1.807, 2.05) is 20.8 Å². The molecule has 1 saturated carbocycles. The lowest BCUT2D eigenvalue weighted by Crippen LogP contribution is -2.63. The van der Waals surface area contributed by atoms with Gasteiger partial charge in [0.1, 0.15) is 6.04 Å². The molecule has 144 valence electrons. The molecular weight excluding hydrogens is 344 g/mol. The lowest BCUT2D eigenvalue weighted by atomic mass is 9.68. The van der Waals surface area contributed by atoms with E-state index in [4.69, 9.17) is 15.6 Å². The first-order valence-corrected chi connectivity index (χ1v) is 9.16. The number of nitrogens with zero attached hydrogens (tertiary/aromatic N) is 1. The Morgan fingerprint density at radius 3 is 2.20 bits per heavy atom. The summed E-state index contributed by atoms with van der Waals surface area (Å²) in [5.74, 6) is -1.94. The summed E-state index contributed by atoms with van der Waals surface area (Å²) in [6.45, 7) is 6.02. The van der Waals surface area contributed by atoms with Gasteiger partial charge in [-0.15, -0.1) is 0 Å². The summed E-state index contributed by atoms with van der Waals surface area (Å²) in [6, 6.07) is -2.36.